The van der Waals surface area contributed by atoms with Crippen molar-refractivity contribution in [1.29, 1.82) is 0 Å². The van der Waals surface area contributed by atoms with E-state index in [1.165, 1.54) is 0 Å². The van der Waals surface area contributed by atoms with Gasteiger partial charge in [0, 0.05) is 32.8 Å². The van der Waals surface area contributed by atoms with E-state index in [9.17, 15) is 14.7 Å². The molecule has 0 bridgehead atoms. The van der Waals surface area contributed by atoms with Crippen molar-refractivity contribution in [3.05, 3.63) is 84.4 Å². The number of carbonyl (C=O) groups is 2. The average molecular weight is 566 g/mol. The van der Waals surface area contributed by atoms with Crippen molar-refractivity contribution in [2.75, 3.05) is 39.5 Å². The molecule has 0 aliphatic carbocycles. The molecule has 3 aromatic carbocycles. The standard InChI is InChI=1S/C32H39NO8/c1-3-21-37-22-8-19-33(20-23-39-26-13-11-25(12-14-26)24-30(31(34)35)38-4-2)32(36)41-29-17-15-28(16-18-29)40-27-9-6-5-7-10-27/h5-7,9-18,30H,3-4,8,19-24H2,1-2H3,(H,34,35). The number of ether oxygens (including phenoxy) is 5. The van der Waals surface area contributed by atoms with Gasteiger partial charge in [0.25, 0.3) is 0 Å². The summed E-state index contributed by atoms with van der Waals surface area (Å²) in [4.78, 5) is 26.0. The lowest BCUT2D eigenvalue weighted by Crippen LogP contribution is -2.38. The van der Waals surface area contributed by atoms with E-state index in [0.29, 0.717) is 56.6 Å². The van der Waals surface area contributed by atoms with Crippen molar-refractivity contribution in [3.63, 3.8) is 0 Å². The van der Waals surface area contributed by atoms with Crippen molar-refractivity contribution in [2.24, 2.45) is 0 Å². The van der Waals surface area contributed by atoms with Crippen LogP contribution < -0.4 is 14.2 Å². The fourth-order valence-corrected chi connectivity index (χ4v) is 3.89. The van der Waals surface area contributed by atoms with E-state index in [0.717, 1.165) is 17.7 Å². The van der Waals surface area contributed by atoms with Crippen LogP contribution in [0.15, 0.2) is 78.9 Å². The third-order valence-corrected chi connectivity index (χ3v) is 5.95. The maximum atomic E-state index is 13.0. The van der Waals surface area contributed by atoms with Gasteiger partial charge in [0.15, 0.2) is 6.10 Å². The second-order valence-electron chi connectivity index (χ2n) is 9.19. The number of nitrogens with zero attached hydrogens (tertiary/aromatic N) is 1. The molecule has 0 aliphatic rings. The summed E-state index contributed by atoms with van der Waals surface area (Å²) in [7, 11) is 0. The fraction of sp³-hybridized carbons (Fsp3) is 0.375. The largest absolute Gasteiger partial charge is 0.492 e. The van der Waals surface area contributed by atoms with Crippen LogP contribution in [0, 0.1) is 0 Å². The molecule has 0 saturated carbocycles. The molecule has 9 nitrogen and oxygen atoms in total. The topological polar surface area (TPSA) is 104 Å². The number of carboxylic acid groups (broad SMARTS) is 1. The van der Waals surface area contributed by atoms with E-state index in [4.69, 9.17) is 23.7 Å². The first-order chi connectivity index (χ1) is 20.0. The SMILES string of the molecule is CCCOCCCN(CCOc1ccc(CC(OCC)C(=O)O)cc1)C(=O)Oc1ccc(Oc2ccccc2)cc1. The highest BCUT2D eigenvalue weighted by Crippen LogP contribution is 2.24. The van der Waals surface area contributed by atoms with Gasteiger partial charge in [0.1, 0.15) is 29.6 Å². The third-order valence-electron chi connectivity index (χ3n) is 5.95. The van der Waals surface area contributed by atoms with Gasteiger partial charge in [-0.05, 0) is 73.9 Å². The number of carboxylic acids is 1. The molecule has 0 aliphatic heterocycles. The molecule has 3 aromatic rings. The highest BCUT2D eigenvalue weighted by molar-refractivity contribution is 5.72. The molecule has 0 heterocycles. The number of hydrogen-bond donors (Lipinski definition) is 1. The van der Waals surface area contributed by atoms with Gasteiger partial charge in [0.05, 0.1) is 6.54 Å². The highest BCUT2D eigenvalue weighted by atomic mass is 16.6. The molecule has 9 heteroatoms. The Kier molecular flexibility index (Phi) is 13.5. The average Bonchev–Trinajstić information content (AvgIpc) is 2.98. The zero-order valence-electron chi connectivity index (χ0n) is 23.7. The smallest absolute Gasteiger partial charge is 0.415 e. The first-order valence-corrected chi connectivity index (χ1v) is 13.9. The van der Waals surface area contributed by atoms with Crippen molar-refractivity contribution >= 4 is 12.1 Å². The van der Waals surface area contributed by atoms with Crippen LogP contribution in [0.5, 0.6) is 23.0 Å². The summed E-state index contributed by atoms with van der Waals surface area (Å²) in [5.74, 6) is 1.39. The Morgan fingerprint density at radius 2 is 1.44 bits per heavy atom. The zero-order valence-corrected chi connectivity index (χ0v) is 23.7. The number of benzene rings is 3. The van der Waals surface area contributed by atoms with Crippen LogP contribution in [0.4, 0.5) is 4.79 Å². The second-order valence-corrected chi connectivity index (χ2v) is 9.19. The molecule has 0 spiro atoms. The molecule has 1 amide bonds. The molecule has 0 saturated heterocycles. The summed E-state index contributed by atoms with van der Waals surface area (Å²) in [6.45, 7) is 6.39. The molecule has 220 valence electrons. The van der Waals surface area contributed by atoms with Crippen molar-refractivity contribution in [1.82, 2.24) is 4.90 Å². The summed E-state index contributed by atoms with van der Waals surface area (Å²) in [5.41, 5.74) is 0.829. The van der Waals surface area contributed by atoms with Gasteiger partial charge in [0.2, 0.25) is 0 Å². The maximum Gasteiger partial charge on any atom is 0.415 e. The lowest BCUT2D eigenvalue weighted by Gasteiger charge is -2.22. The number of hydrogen-bond acceptors (Lipinski definition) is 7. The molecular weight excluding hydrogens is 526 g/mol. The van der Waals surface area contributed by atoms with E-state index in [-0.39, 0.29) is 13.0 Å². The van der Waals surface area contributed by atoms with E-state index >= 15 is 0 Å². The van der Waals surface area contributed by atoms with Crippen molar-refractivity contribution in [2.45, 2.75) is 39.2 Å². The van der Waals surface area contributed by atoms with Gasteiger partial charge in [-0.1, -0.05) is 37.3 Å². The molecule has 1 atom stereocenters. The second kappa shape index (κ2) is 17.6. The first kappa shape index (κ1) is 31.4. The Morgan fingerprint density at radius 1 is 0.780 bits per heavy atom. The van der Waals surface area contributed by atoms with E-state index < -0.39 is 18.2 Å². The van der Waals surface area contributed by atoms with E-state index in [1.807, 2.05) is 49.4 Å². The number of amides is 1. The Bertz CT molecular complexity index is 1170. The van der Waals surface area contributed by atoms with Gasteiger partial charge in [-0.3, -0.25) is 0 Å². The zero-order chi connectivity index (χ0) is 29.3. The Morgan fingerprint density at radius 3 is 2.10 bits per heavy atom. The van der Waals surface area contributed by atoms with Crippen LogP contribution in [-0.4, -0.2) is 67.7 Å². The Labute approximate surface area is 241 Å². The fourth-order valence-electron chi connectivity index (χ4n) is 3.89. The van der Waals surface area contributed by atoms with Crippen molar-refractivity contribution < 1.29 is 38.4 Å². The minimum Gasteiger partial charge on any atom is -0.492 e. The van der Waals surface area contributed by atoms with Gasteiger partial charge >= 0.3 is 12.1 Å². The quantitative estimate of drug-likeness (QED) is 0.182. The summed E-state index contributed by atoms with van der Waals surface area (Å²) in [5, 5.41) is 9.29. The molecule has 3 rings (SSSR count). The monoisotopic (exact) mass is 565 g/mol. The summed E-state index contributed by atoms with van der Waals surface area (Å²) in [6.07, 6.45) is 0.498. The Hall–Kier alpha value is -4.08. The lowest BCUT2D eigenvalue weighted by molar-refractivity contribution is -0.149. The van der Waals surface area contributed by atoms with Gasteiger partial charge in [-0.2, -0.15) is 0 Å². The number of carbonyl (C=O) groups excluding carboxylic acids is 1. The number of rotatable bonds is 18. The lowest BCUT2D eigenvalue weighted by atomic mass is 10.1. The summed E-state index contributed by atoms with van der Waals surface area (Å²) in [6, 6.07) is 23.5. The third kappa shape index (κ3) is 11.5. The molecular formula is C32H39NO8. The van der Waals surface area contributed by atoms with Crippen LogP contribution in [0.2, 0.25) is 0 Å². The minimum atomic E-state index is -0.990. The van der Waals surface area contributed by atoms with Gasteiger partial charge < -0.3 is 33.7 Å². The van der Waals surface area contributed by atoms with E-state index in [2.05, 4.69) is 0 Å². The van der Waals surface area contributed by atoms with E-state index in [1.54, 1.807) is 48.2 Å². The van der Waals surface area contributed by atoms with Crippen LogP contribution in [0.25, 0.3) is 0 Å². The first-order valence-electron chi connectivity index (χ1n) is 13.9. The summed E-state index contributed by atoms with van der Waals surface area (Å²) < 4.78 is 28.1. The molecule has 0 radical (unpaired) electrons. The summed E-state index contributed by atoms with van der Waals surface area (Å²) >= 11 is 0. The highest BCUT2D eigenvalue weighted by Gasteiger charge is 2.18. The van der Waals surface area contributed by atoms with Crippen LogP contribution in [0.1, 0.15) is 32.3 Å². The molecule has 1 N–H and O–H groups in total. The van der Waals surface area contributed by atoms with Crippen LogP contribution >= 0.6 is 0 Å². The molecule has 0 aromatic heterocycles. The van der Waals surface area contributed by atoms with Gasteiger partial charge in [-0.25, -0.2) is 9.59 Å². The van der Waals surface area contributed by atoms with Crippen LogP contribution in [0.3, 0.4) is 0 Å². The maximum absolute atomic E-state index is 13.0. The molecule has 0 fully saturated rings. The Balaban J connectivity index is 1.53. The minimum absolute atomic E-state index is 0.255. The molecule has 1 unspecified atom stereocenters. The molecule has 41 heavy (non-hydrogen) atoms. The number of aliphatic carboxylic acids is 1. The normalized spacial score (nSPS) is 11.5. The van der Waals surface area contributed by atoms with Crippen molar-refractivity contribution in [3.8, 4) is 23.0 Å². The number of para-hydroxylation sites is 1. The predicted molar refractivity (Wildman–Crippen MR) is 155 cm³/mol. The van der Waals surface area contributed by atoms with Crippen LogP contribution in [-0.2, 0) is 20.7 Å². The van der Waals surface area contributed by atoms with Gasteiger partial charge in [-0.15, -0.1) is 0 Å². The predicted octanol–water partition coefficient (Wildman–Crippen LogP) is 6.21.